The van der Waals surface area contributed by atoms with Crippen molar-refractivity contribution in [1.82, 2.24) is 14.8 Å². The van der Waals surface area contributed by atoms with Crippen molar-refractivity contribution >= 4 is 29.3 Å². The Bertz CT molecular complexity index is 1070. The number of benzene rings is 1. The molecule has 2 aliphatic heterocycles. The number of piperidine rings is 1. The van der Waals surface area contributed by atoms with Crippen LogP contribution in [-0.2, 0) is 17.8 Å². The number of furan rings is 1. The summed E-state index contributed by atoms with van der Waals surface area (Å²) in [6.07, 6.45) is 4.90. The summed E-state index contributed by atoms with van der Waals surface area (Å²) in [5.41, 5.74) is 2.27. The molecule has 2 aromatic heterocycles. The lowest BCUT2D eigenvalue weighted by Gasteiger charge is -2.31. The van der Waals surface area contributed by atoms with Crippen molar-refractivity contribution in [3.05, 3.63) is 54.0 Å². The Balaban J connectivity index is 1.37. The van der Waals surface area contributed by atoms with Gasteiger partial charge in [0.25, 0.3) is 0 Å². The first-order chi connectivity index (χ1) is 15.6. The summed E-state index contributed by atoms with van der Waals surface area (Å²) in [6.45, 7) is 7.50. The maximum absolute atomic E-state index is 13.3. The van der Waals surface area contributed by atoms with Gasteiger partial charge in [0.05, 0.1) is 18.1 Å². The lowest BCUT2D eigenvalue weighted by Crippen LogP contribution is -2.36. The van der Waals surface area contributed by atoms with Crippen LogP contribution in [0.25, 0.3) is 0 Å². The molecule has 1 fully saturated rings. The monoisotopic (exact) mass is 451 g/mol. The van der Waals surface area contributed by atoms with Crippen LogP contribution in [0.3, 0.4) is 0 Å². The summed E-state index contributed by atoms with van der Waals surface area (Å²) < 4.78 is 7.71. The van der Waals surface area contributed by atoms with Gasteiger partial charge in [-0.3, -0.25) is 9.36 Å². The van der Waals surface area contributed by atoms with Gasteiger partial charge in [-0.1, -0.05) is 36.9 Å². The first kappa shape index (κ1) is 21.1. The van der Waals surface area contributed by atoms with Crippen molar-refractivity contribution in [2.75, 3.05) is 29.4 Å². The molecule has 3 aromatic rings. The van der Waals surface area contributed by atoms with E-state index in [2.05, 4.69) is 32.7 Å². The average Bonchev–Trinajstić information content (AvgIpc) is 3.55. The zero-order chi connectivity index (χ0) is 22.1. The molecule has 1 aromatic carbocycles. The number of anilines is 2. The standard InChI is InChI=1S/C24H29N5O2S/c1-17-9-12-27(13-10-17)23-25-26-24(29(23)16-20-7-5-15-31-20)32-18(2)22(30)28-14-11-19-6-3-4-8-21(19)28/h3-8,15,17-18H,9-14,16H2,1-2H3. The number of thioether (sulfide) groups is 1. The maximum atomic E-state index is 13.3. The Hall–Kier alpha value is -2.74. The van der Waals surface area contributed by atoms with Crippen LogP contribution in [0.15, 0.2) is 52.2 Å². The Morgan fingerprint density at radius 2 is 1.97 bits per heavy atom. The minimum atomic E-state index is -0.269. The zero-order valence-electron chi connectivity index (χ0n) is 18.6. The van der Waals surface area contributed by atoms with Crippen LogP contribution >= 0.6 is 11.8 Å². The van der Waals surface area contributed by atoms with Crippen molar-refractivity contribution in [2.45, 2.75) is 50.1 Å². The molecule has 4 heterocycles. The van der Waals surface area contributed by atoms with Crippen molar-refractivity contribution in [3.8, 4) is 0 Å². The largest absolute Gasteiger partial charge is 0.467 e. The number of aromatic nitrogens is 3. The van der Waals surface area contributed by atoms with Crippen molar-refractivity contribution < 1.29 is 9.21 Å². The molecule has 5 rings (SSSR count). The summed E-state index contributed by atoms with van der Waals surface area (Å²) in [7, 11) is 0. The van der Waals surface area contributed by atoms with E-state index < -0.39 is 0 Å². The number of para-hydroxylation sites is 1. The predicted molar refractivity (Wildman–Crippen MR) is 126 cm³/mol. The van der Waals surface area contributed by atoms with Gasteiger partial charge in [0.1, 0.15) is 5.76 Å². The van der Waals surface area contributed by atoms with Crippen molar-refractivity contribution in [1.29, 1.82) is 0 Å². The summed E-state index contributed by atoms with van der Waals surface area (Å²) >= 11 is 1.48. The number of nitrogens with zero attached hydrogens (tertiary/aromatic N) is 5. The van der Waals surface area contributed by atoms with Crippen LogP contribution in [0.4, 0.5) is 11.6 Å². The van der Waals surface area contributed by atoms with Gasteiger partial charge in [-0.05, 0) is 55.9 Å². The second-order valence-corrected chi connectivity index (χ2v) is 10.1. The third-order valence-corrected chi connectivity index (χ3v) is 7.51. The minimum absolute atomic E-state index is 0.112. The number of hydrogen-bond donors (Lipinski definition) is 0. The molecular weight excluding hydrogens is 422 g/mol. The molecule has 0 N–H and O–H groups in total. The molecule has 1 amide bonds. The molecule has 168 valence electrons. The molecular formula is C24H29N5O2S. The van der Waals surface area contributed by atoms with Crippen LogP contribution in [0.1, 0.15) is 38.0 Å². The lowest BCUT2D eigenvalue weighted by atomic mass is 10.00. The molecule has 1 atom stereocenters. The summed E-state index contributed by atoms with van der Waals surface area (Å²) in [6, 6.07) is 12.0. The summed E-state index contributed by atoms with van der Waals surface area (Å²) in [5, 5.41) is 9.53. The van der Waals surface area contributed by atoms with E-state index in [9.17, 15) is 4.79 Å². The fourth-order valence-corrected chi connectivity index (χ4v) is 5.41. The van der Waals surface area contributed by atoms with Crippen LogP contribution in [0, 0.1) is 5.92 Å². The Morgan fingerprint density at radius 1 is 1.16 bits per heavy atom. The number of rotatable bonds is 6. The highest BCUT2D eigenvalue weighted by molar-refractivity contribution is 8.00. The number of carbonyl (C=O) groups is 1. The molecule has 0 saturated carbocycles. The maximum Gasteiger partial charge on any atom is 0.240 e. The molecule has 0 spiro atoms. The number of carbonyl (C=O) groups excluding carboxylic acids is 1. The zero-order valence-corrected chi connectivity index (χ0v) is 19.4. The molecule has 0 radical (unpaired) electrons. The number of amides is 1. The Labute approximate surface area is 192 Å². The van der Waals surface area contributed by atoms with Gasteiger partial charge in [0.15, 0.2) is 5.16 Å². The fourth-order valence-electron chi connectivity index (χ4n) is 4.50. The molecule has 7 nitrogen and oxygen atoms in total. The van der Waals surface area contributed by atoms with Gasteiger partial charge in [0, 0.05) is 25.3 Å². The second-order valence-electron chi connectivity index (χ2n) is 8.75. The molecule has 1 saturated heterocycles. The Kier molecular flexibility index (Phi) is 5.95. The third-order valence-electron chi connectivity index (χ3n) is 6.44. The van der Waals surface area contributed by atoms with E-state index in [1.807, 2.05) is 42.2 Å². The topological polar surface area (TPSA) is 67.4 Å². The average molecular weight is 452 g/mol. The molecule has 1 unspecified atom stereocenters. The quantitative estimate of drug-likeness (QED) is 0.523. The van der Waals surface area contributed by atoms with Gasteiger partial charge >= 0.3 is 0 Å². The van der Waals surface area contributed by atoms with E-state index in [1.54, 1.807) is 6.26 Å². The fraction of sp³-hybridized carbons (Fsp3) is 0.458. The second kappa shape index (κ2) is 9.02. The van der Waals surface area contributed by atoms with Gasteiger partial charge in [-0.25, -0.2) is 0 Å². The third kappa shape index (κ3) is 4.16. The number of fused-ring (bicyclic) bond motifs is 1. The normalized spacial score (nSPS) is 17.6. The van der Waals surface area contributed by atoms with Crippen LogP contribution in [-0.4, -0.2) is 45.6 Å². The van der Waals surface area contributed by atoms with E-state index in [4.69, 9.17) is 4.42 Å². The van der Waals surface area contributed by atoms with Gasteiger partial charge in [-0.2, -0.15) is 0 Å². The summed E-state index contributed by atoms with van der Waals surface area (Å²) in [5.74, 6) is 2.57. The first-order valence-corrected chi connectivity index (χ1v) is 12.2. The van der Waals surface area contributed by atoms with E-state index >= 15 is 0 Å². The molecule has 0 aliphatic carbocycles. The van der Waals surface area contributed by atoms with Crippen molar-refractivity contribution in [2.24, 2.45) is 5.92 Å². The van der Waals surface area contributed by atoms with E-state index in [1.165, 1.54) is 17.3 Å². The Morgan fingerprint density at radius 3 is 2.75 bits per heavy atom. The molecule has 0 bridgehead atoms. The summed E-state index contributed by atoms with van der Waals surface area (Å²) in [4.78, 5) is 17.5. The highest BCUT2D eigenvalue weighted by Gasteiger charge is 2.30. The van der Waals surface area contributed by atoms with Crippen LogP contribution < -0.4 is 9.80 Å². The minimum Gasteiger partial charge on any atom is -0.467 e. The first-order valence-electron chi connectivity index (χ1n) is 11.4. The molecule has 32 heavy (non-hydrogen) atoms. The number of hydrogen-bond acceptors (Lipinski definition) is 6. The molecule has 8 heteroatoms. The smallest absolute Gasteiger partial charge is 0.240 e. The van der Waals surface area contributed by atoms with Gasteiger partial charge in [0.2, 0.25) is 11.9 Å². The van der Waals surface area contributed by atoms with Crippen LogP contribution in [0.5, 0.6) is 0 Å². The van der Waals surface area contributed by atoms with E-state index in [-0.39, 0.29) is 11.2 Å². The van der Waals surface area contributed by atoms with Crippen molar-refractivity contribution in [3.63, 3.8) is 0 Å². The highest BCUT2D eigenvalue weighted by Crippen LogP contribution is 2.33. The lowest BCUT2D eigenvalue weighted by molar-refractivity contribution is -0.117. The van der Waals surface area contributed by atoms with Gasteiger partial charge in [-0.15, -0.1) is 10.2 Å². The van der Waals surface area contributed by atoms with Crippen LogP contribution in [0.2, 0.25) is 0 Å². The van der Waals surface area contributed by atoms with E-state index in [0.29, 0.717) is 6.54 Å². The van der Waals surface area contributed by atoms with Gasteiger partial charge < -0.3 is 14.2 Å². The molecule has 2 aliphatic rings. The SMILES string of the molecule is CC1CCN(c2nnc(SC(C)C(=O)N3CCc4ccccc43)n2Cc2ccco2)CC1. The predicted octanol–water partition coefficient (Wildman–Crippen LogP) is 4.23. The highest BCUT2D eigenvalue weighted by atomic mass is 32.2. The van der Waals surface area contributed by atoms with E-state index in [0.717, 1.165) is 67.4 Å².